The van der Waals surface area contributed by atoms with E-state index in [1.54, 1.807) is 12.1 Å². The lowest BCUT2D eigenvalue weighted by Crippen LogP contribution is -1.96. The first-order valence-electron chi connectivity index (χ1n) is 5.21. The number of hydrogen-bond acceptors (Lipinski definition) is 2. The molecule has 0 atom stereocenters. The largest absolute Gasteiger partial charge is 0.456 e. The van der Waals surface area contributed by atoms with Gasteiger partial charge in [0.25, 0.3) is 0 Å². The first kappa shape index (κ1) is 13.5. The van der Waals surface area contributed by atoms with E-state index in [1.807, 2.05) is 24.3 Å². The van der Waals surface area contributed by atoms with Crippen LogP contribution >= 0.6 is 34.8 Å². The smallest absolute Gasteiger partial charge is 0.147 e. The van der Waals surface area contributed by atoms with Gasteiger partial charge in [-0.25, -0.2) is 0 Å². The van der Waals surface area contributed by atoms with Gasteiger partial charge in [0.1, 0.15) is 11.5 Å². The monoisotopic (exact) mass is 301 g/mol. The summed E-state index contributed by atoms with van der Waals surface area (Å²) in [5.74, 6) is 1.11. The fourth-order valence-corrected chi connectivity index (χ4v) is 2.02. The average Bonchev–Trinajstić information content (AvgIpc) is 2.36. The first-order valence-corrected chi connectivity index (χ1v) is 6.35. The fraction of sp³-hybridized carbons (Fsp3) is 0.0769. The number of hydrogen-bond donors (Lipinski definition) is 1. The molecule has 2 aromatic rings. The summed E-state index contributed by atoms with van der Waals surface area (Å²) in [6, 6.07) is 10.6. The van der Waals surface area contributed by atoms with Crippen molar-refractivity contribution in [3.8, 4) is 11.5 Å². The Morgan fingerprint density at radius 1 is 0.944 bits per heavy atom. The number of nitrogens with two attached hydrogens (primary N) is 1. The predicted molar refractivity (Wildman–Crippen MR) is 75.9 cm³/mol. The highest BCUT2D eigenvalue weighted by Crippen LogP contribution is 2.36. The molecule has 2 rings (SSSR count). The number of benzene rings is 2. The van der Waals surface area contributed by atoms with Crippen molar-refractivity contribution in [1.29, 1.82) is 0 Å². The molecule has 0 saturated heterocycles. The van der Waals surface area contributed by atoms with Crippen LogP contribution in [0.3, 0.4) is 0 Å². The molecule has 0 heterocycles. The molecule has 0 amide bonds. The Morgan fingerprint density at radius 3 is 2.39 bits per heavy atom. The van der Waals surface area contributed by atoms with Crippen molar-refractivity contribution in [2.45, 2.75) is 6.54 Å². The summed E-state index contributed by atoms with van der Waals surface area (Å²) in [6.07, 6.45) is 0. The Morgan fingerprint density at radius 2 is 1.67 bits per heavy atom. The lowest BCUT2D eigenvalue weighted by atomic mass is 10.2. The summed E-state index contributed by atoms with van der Waals surface area (Å²) in [6.45, 7) is 0.451. The van der Waals surface area contributed by atoms with E-state index in [-0.39, 0.29) is 0 Å². The van der Waals surface area contributed by atoms with Crippen LogP contribution in [0.25, 0.3) is 0 Å². The summed E-state index contributed by atoms with van der Waals surface area (Å²) < 4.78 is 5.66. The first-order chi connectivity index (χ1) is 8.60. The molecule has 0 fully saturated rings. The van der Waals surface area contributed by atoms with E-state index in [0.29, 0.717) is 33.1 Å². The normalized spacial score (nSPS) is 10.4. The van der Waals surface area contributed by atoms with Gasteiger partial charge < -0.3 is 10.5 Å². The van der Waals surface area contributed by atoms with Crippen molar-refractivity contribution >= 4 is 34.8 Å². The van der Waals surface area contributed by atoms with Gasteiger partial charge in [0, 0.05) is 12.6 Å². The van der Waals surface area contributed by atoms with Crippen LogP contribution in [-0.4, -0.2) is 0 Å². The number of ether oxygens (including phenoxy) is 1. The van der Waals surface area contributed by atoms with Gasteiger partial charge in [-0.15, -0.1) is 0 Å². The zero-order valence-electron chi connectivity index (χ0n) is 9.29. The van der Waals surface area contributed by atoms with Crippen LogP contribution in [0.1, 0.15) is 5.56 Å². The molecule has 0 aliphatic heterocycles. The highest BCUT2D eigenvalue weighted by molar-refractivity contribution is 6.43. The second-order valence-corrected chi connectivity index (χ2v) is 4.87. The van der Waals surface area contributed by atoms with Crippen molar-refractivity contribution in [1.82, 2.24) is 0 Å². The molecular weight excluding hydrogens is 293 g/mol. The van der Waals surface area contributed by atoms with Gasteiger partial charge in [-0.3, -0.25) is 0 Å². The summed E-state index contributed by atoms with van der Waals surface area (Å²) in [7, 11) is 0. The Hall–Kier alpha value is -0.930. The van der Waals surface area contributed by atoms with Crippen molar-refractivity contribution < 1.29 is 4.74 Å². The minimum absolute atomic E-state index is 0.393. The lowest BCUT2D eigenvalue weighted by Gasteiger charge is -2.09. The second kappa shape index (κ2) is 5.81. The lowest BCUT2D eigenvalue weighted by molar-refractivity contribution is 0.482. The van der Waals surface area contributed by atoms with Gasteiger partial charge >= 0.3 is 0 Å². The summed E-state index contributed by atoms with van der Waals surface area (Å²) >= 11 is 17.8. The van der Waals surface area contributed by atoms with Crippen LogP contribution in [0, 0.1) is 0 Å². The number of halogens is 3. The molecule has 0 aromatic heterocycles. The van der Waals surface area contributed by atoms with E-state index in [0.717, 1.165) is 5.56 Å². The summed E-state index contributed by atoms with van der Waals surface area (Å²) in [5, 5.41) is 1.19. The minimum atomic E-state index is 0.393. The molecular formula is C13H10Cl3NO. The maximum Gasteiger partial charge on any atom is 0.147 e. The summed E-state index contributed by atoms with van der Waals surface area (Å²) in [4.78, 5) is 0. The zero-order chi connectivity index (χ0) is 13.1. The third-order valence-corrected chi connectivity index (χ3v) is 3.35. The summed E-state index contributed by atoms with van der Waals surface area (Å²) in [5.41, 5.74) is 6.54. The maximum absolute atomic E-state index is 6.03. The SMILES string of the molecule is NCc1cccc(Oc2cc(Cl)c(Cl)cc2Cl)c1. The van der Waals surface area contributed by atoms with E-state index in [4.69, 9.17) is 45.3 Å². The van der Waals surface area contributed by atoms with Gasteiger partial charge in [-0.1, -0.05) is 46.9 Å². The van der Waals surface area contributed by atoms with E-state index >= 15 is 0 Å². The predicted octanol–water partition coefficient (Wildman–Crippen LogP) is 4.90. The van der Waals surface area contributed by atoms with E-state index < -0.39 is 0 Å². The third-order valence-electron chi connectivity index (χ3n) is 2.34. The molecule has 5 heteroatoms. The maximum atomic E-state index is 6.03. The quantitative estimate of drug-likeness (QED) is 0.819. The van der Waals surface area contributed by atoms with Crippen LogP contribution in [0.4, 0.5) is 0 Å². The van der Waals surface area contributed by atoms with Gasteiger partial charge in [-0.2, -0.15) is 0 Å². The second-order valence-electron chi connectivity index (χ2n) is 3.65. The highest BCUT2D eigenvalue weighted by Gasteiger charge is 2.08. The van der Waals surface area contributed by atoms with Gasteiger partial charge in [0.05, 0.1) is 15.1 Å². The van der Waals surface area contributed by atoms with Crippen molar-refractivity contribution in [3.05, 3.63) is 57.0 Å². The fourth-order valence-electron chi connectivity index (χ4n) is 1.45. The Labute approximate surface area is 120 Å². The number of rotatable bonds is 3. The van der Waals surface area contributed by atoms with Gasteiger partial charge in [0.2, 0.25) is 0 Å². The molecule has 0 aliphatic carbocycles. The Bertz CT molecular complexity index is 572. The molecule has 0 spiro atoms. The molecule has 2 aromatic carbocycles. The Kier molecular flexibility index (Phi) is 4.36. The molecule has 2 N–H and O–H groups in total. The standard InChI is InChI=1S/C13H10Cl3NO/c14-10-5-12(16)13(6-11(10)15)18-9-3-1-2-8(4-9)7-17/h1-6H,7,17H2. The molecule has 0 radical (unpaired) electrons. The molecule has 0 bridgehead atoms. The zero-order valence-corrected chi connectivity index (χ0v) is 11.6. The van der Waals surface area contributed by atoms with E-state index in [9.17, 15) is 0 Å². The Balaban J connectivity index is 2.30. The van der Waals surface area contributed by atoms with E-state index in [2.05, 4.69) is 0 Å². The van der Waals surface area contributed by atoms with Crippen molar-refractivity contribution in [3.63, 3.8) is 0 Å². The van der Waals surface area contributed by atoms with Crippen LogP contribution < -0.4 is 10.5 Å². The van der Waals surface area contributed by atoms with Gasteiger partial charge in [0.15, 0.2) is 0 Å². The van der Waals surface area contributed by atoms with Gasteiger partial charge in [-0.05, 0) is 23.8 Å². The van der Waals surface area contributed by atoms with Crippen LogP contribution in [0.2, 0.25) is 15.1 Å². The van der Waals surface area contributed by atoms with Crippen molar-refractivity contribution in [2.24, 2.45) is 5.73 Å². The molecule has 0 unspecified atom stereocenters. The highest BCUT2D eigenvalue weighted by atomic mass is 35.5. The molecule has 0 aliphatic rings. The molecule has 2 nitrogen and oxygen atoms in total. The van der Waals surface area contributed by atoms with Crippen LogP contribution in [0.5, 0.6) is 11.5 Å². The van der Waals surface area contributed by atoms with Crippen LogP contribution in [-0.2, 0) is 6.54 Å². The molecule has 18 heavy (non-hydrogen) atoms. The molecule has 0 saturated carbocycles. The molecule has 94 valence electrons. The topological polar surface area (TPSA) is 35.2 Å². The minimum Gasteiger partial charge on any atom is -0.456 e. The third kappa shape index (κ3) is 3.09. The van der Waals surface area contributed by atoms with E-state index in [1.165, 1.54) is 0 Å². The van der Waals surface area contributed by atoms with Crippen molar-refractivity contribution in [2.75, 3.05) is 0 Å². The van der Waals surface area contributed by atoms with Crippen LogP contribution in [0.15, 0.2) is 36.4 Å². The average molecular weight is 303 g/mol.